The number of fused-ring (bicyclic) bond motifs is 1. The lowest BCUT2D eigenvalue weighted by atomic mass is 10.0. The van der Waals surface area contributed by atoms with E-state index in [1.807, 2.05) is 25.1 Å². The van der Waals surface area contributed by atoms with Crippen LogP contribution in [0.25, 0.3) is 0 Å². The third kappa shape index (κ3) is 3.54. The van der Waals surface area contributed by atoms with Crippen LogP contribution in [0, 0.1) is 12.8 Å². The lowest BCUT2D eigenvalue weighted by molar-refractivity contribution is -0.142. The van der Waals surface area contributed by atoms with Crippen molar-refractivity contribution < 1.29 is 19.4 Å². The second-order valence-electron chi connectivity index (χ2n) is 6.48. The van der Waals surface area contributed by atoms with Crippen LogP contribution in [-0.2, 0) is 16.0 Å². The number of aliphatic carboxylic acids is 1. The minimum absolute atomic E-state index is 0.422. The van der Waals surface area contributed by atoms with E-state index in [2.05, 4.69) is 5.32 Å². The van der Waals surface area contributed by atoms with Crippen molar-refractivity contribution in [1.29, 1.82) is 0 Å². The highest BCUT2D eigenvalue weighted by Crippen LogP contribution is 2.37. The van der Waals surface area contributed by atoms with Crippen molar-refractivity contribution in [1.82, 2.24) is 5.32 Å². The van der Waals surface area contributed by atoms with Crippen LogP contribution < -0.4 is 5.32 Å². The van der Waals surface area contributed by atoms with Gasteiger partial charge in [0.05, 0.1) is 12.0 Å². The van der Waals surface area contributed by atoms with Gasteiger partial charge in [-0.15, -0.1) is 0 Å². The topological polar surface area (TPSA) is 75.6 Å². The van der Waals surface area contributed by atoms with E-state index in [0.29, 0.717) is 6.42 Å². The number of carboxylic acid groups (broad SMARTS) is 1. The molecule has 1 amide bonds. The smallest absolute Gasteiger partial charge is 0.408 e. The maximum atomic E-state index is 12.0. The summed E-state index contributed by atoms with van der Waals surface area (Å²) in [6.45, 7) is 7.26. The summed E-state index contributed by atoms with van der Waals surface area (Å²) >= 11 is 0. The fourth-order valence-corrected chi connectivity index (χ4v) is 2.60. The van der Waals surface area contributed by atoms with Crippen molar-refractivity contribution in [2.24, 2.45) is 5.92 Å². The Labute approximate surface area is 124 Å². The van der Waals surface area contributed by atoms with Crippen LogP contribution in [0.3, 0.4) is 0 Å². The summed E-state index contributed by atoms with van der Waals surface area (Å²) in [6, 6.07) is 5.26. The number of carbonyl (C=O) groups is 2. The lowest BCUT2D eigenvalue weighted by Crippen LogP contribution is -2.38. The molecule has 0 fully saturated rings. The van der Waals surface area contributed by atoms with Gasteiger partial charge in [0.2, 0.25) is 0 Å². The van der Waals surface area contributed by atoms with Gasteiger partial charge in [0.25, 0.3) is 0 Å². The van der Waals surface area contributed by atoms with E-state index in [4.69, 9.17) is 4.74 Å². The number of nitrogens with one attached hydrogen (secondary N) is 1. The molecule has 5 nitrogen and oxygen atoms in total. The van der Waals surface area contributed by atoms with Gasteiger partial charge in [-0.3, -0.25) is 4.79 Å². The molecule has 2 N–H and O–H groups in total. The fraction of sp³-hybridized carbons (Fsp3) is 0.500. The van der Waals surface area contributed by atoms with Crippen LogP contribution in [0.5, 0.6) is 0 Å². The summed E-state index contributed by atoms with van der Waals surface area (Å²) in [7, 11) is 0. The molecule has 1 aliphatic carbocycles. The molecule has 1 aromatic carbocycles. The molecule has 21 heavy (non-hydrogen) atoms. The van der Waals surface area contributed by atoms with Gasteiger partial charge in [-0.05, 0) is 45.2 Å². The normalized spacial score (nSPS) is 20.8. The molecule has 0 spiro atoms. The zero-order valence-electron chi connectivity index (χ0n) is 12.8. The van der Waals surface area contributed by atoms with Gasteiger partial charge in [-0.2, -0.15) is 0 Å². The van der Waals surface area contributed by atoms with Gasteiger partial charge in [0, 0.05) is 0 Å². The van der Waals surface area contributed by atoms with E-state index >= 15 is 0 Å². The van der Waals surface area contributed by atoms with Crippen molar-refractivity contribution in [2.45, 2.75) is 45.8 Å². The van der Waals surface area contributed by atoms with Gasteiger partial charge < -0.3 is 15.2 Å². The van der Waals surface area contributed by atoms with Gasteiger partial charge in [0.1, 0.15) is 5.60 Å². The molecule has 1 aromatic rings. The maximum Gasteiger partial charge on any atom is 0.408 e. The van der Waals surface area contributed by atoms with E-state index in [9.17, 15) is 14.7 Å². The Bertz CT molecular complexity index is 574. The second-order valence-corrected chi connectivity index (χ2v) is 6.48. The van der Waals surface area contributed by atoms with Gasteiger partial charge in [-0.1, -0.05) is 23.8 Å². The summed E-state index contributed by atoms with van der Waals surface area (Å²) in [5.41, 5.74) is 2.26. The van der Waals surface area contributed by atoms with Crippen molar-refractivity contribution in [3.63, 3.8) is 0 Å². The predicted molar refractivity (Wildman–Crippen MR) is 78.1 cm³/mol. The highest BCUT2D eigenvalue weighted by Gasteiger charge is 2.39. The molecule has 5 heteroatoms. The van der Waals surface area contributed by atoms with Gasteiger partial charge in [-0.25, -0.2) is 4.79 Å². The Kier molecular flexibility index (Phi) is 3.94. The molecule has 1 aliphatic rings. The van der Waals surface area contributed by atoms with Crippen LogP contribution in [-0.4, -0.2) is 22.8 Å². The summed E-state index contributed by atoms with van der Waals surface area (Å²) in [6.07, 6.45) is -0.168. The summed E-state index contributed by atoms with van der Waals surface area (Å²) in [5, 5.41) is 12.1. The van der Waals surface area contributed by atoms with Crippen LogP contribution in [0.15, 0.2) is 18.2 Å². The number of benzene rings is 1. The second kappa shape index (κ2) is 5.39. The van der Waals surface area contributed by atoms with Crippen LogP contribution in [0.2, 0.25) is 0 Å². The maximum absolute atomic E-state index is 12.0. The zero-order chi connectivity index (χ0) is 15.8. The number of rotatable bonds is 2. The quantitative estimate of drug-likeness (QED) is 0.878. The number of carboxylic acids is 1. The van der Waals surface area contributed by atoms with E-state index in [0.717, 1.165) is 16.7 Å². The minimum atomic E-state index is -0.912. The monoisotopic (exact) mass is 291 g/mol. The van der Waals surface area contributed by atoms with Crippen LogP contribution >= 0.6 is 0 Å². The predicted octanol–water partition coefficient (Wildman–Crippen LogP) is 2.82. The number of amides is 1. The largest absolute Gasteiger partial charge is 0.481 e. The minimum Gasteiger partial charge on any atom is -0.481 e. The van der Waals surface area contributed by atoms with Crippen molar-refractivity contribution in [3.05, 3.63) is 34.9 Å². The van der Waals surface area contributed by atoms with Crippen molar-refractivity contribution in [2.75, 3.05) is 0 Å². The van der Waals surface area contributed by atoms with Gasteiger partial charge in [0.15, 0.2) is 0 Å². The molecule has 114 valence electrons. The third-order valence-electron chi connectivity index (χ3n) is 3.47. The van der Waals surface area contributed by atoms with E-state index in [1.54, 1.807) is 20.8 Å². The average Bonchev–Trinajstić information content (AvgIpc) is 2.65. The Balaban J connectivity index is 2.24. The number of alkyl carbamates (subject to hydrolysis) is 1. The van der Waals surface area contributed by atoms with E-state index in [1.165, 1.54) is 0 Å². The first-order valence-corrected chi connectivity index (χ1v) is 6.99. The summed E-state index contributed by atoms with van der Waals surface area (Å²) in [4.78, 5) is 23.4. The highest BCUT2D eigenvalue weighted by atomic mass is 16.6. The van der Waals surface area contributed by atoms with E-state index in [-0.39, 0.29) is 0 Å². The molecule has 0 heterocycles. The summed E-state index contributed by atoms with van der Waals surface area (Å²) in [5.74, 6) is -1.57. The Morgan fingerprint density at radius 2 is 2.00 bits per heavy atom. The van der Waals surface area contributed by atoms with Crippen LogP contribution in [0.1, 0.15) is 43.5 Å². The Morgan fingerprint density at radius 3 is 2.57 bits per heavy atom. The number of carbonyl (C=O) groups excluding carboxylic acids is 1. The Morgan fingerprint density at radius 1 is 1.33 bits per heavy atom. The summed E-state index contributed by atoms with van der Waals surface area (Å²) < 4.78 is 5.23. The molecule has 0 bridgehead atoms. The molecule has 2 atom stereocenters. The van der Waals surface area contributed by atoms with Crippen molar-refractivity contribution >= 4 is 12.1 Å². The average molecular weight is 291 g/mol. The number of aryl methyl sites for hydroxylation is 1. The standard InChI is InChI=1S/C16H21NO4/c1-9-5-6-10-8-12(14(18)19)13(11(10)7-9)17-15(20)21-16(2,3)4/h5-7,12-13H,8H2,1-4H3,(H,17,20)(H,18,19)/t12-,13+/m0/s1. The molecule has 0 aromatic heterocycles. The molecule has 0 aliphatic heterocycles. The fourth-order valence-electron chi connectivity index (χ4n) is 2.60. The number of hydrogen-bond acceptors (Lipinski definition) is 3. The molecule has 0 saturated heterocycles. The van der Waals surface area contributed by atoms with Gasteiger partial charge >= 0.3 is 12.1 Å². The number of hydrogen-bond donors (Lipinski definition) is 2. The molecule has 0 saturated carbocycles. The first-order valence-electron chi connectivity index (χ1n) is 6.99. The molecular weight excluding hydrogens is 270 g/mol. The third-order valence-corrected chi connectivity index (χ3v) is 3.47. The van der Waals surface area contributed by atoms with Crippen LogP contribution in [0.4, 0.5) is 4.79 Å². The van der Waals surface area contributed by atoms with Crippen molar-refractivity contribution in [3.8, 4) is 0 Å². The Hall–Kier alpha value is -2.04. The molecule has 0 unspecified atom stereocenters. The molecular formula is C16H21NO4. The lowest BCUT2D eigenvalue weighted by Gasteiger charge is -2.24. The van der Waals surface area contributed by atoms with E-state index < -0.39 is 29.6 Å². The first kappa shape index (κ1) is 15.4. The molecule has 0 radical (unpaired) electrons. The first-order chi connectivity index (χ1) is 9.67. The molecule has 2 rings (SSSR count). The zero-order valence-corrected chi connectivity index (χ0v) is 12.8. The highest BCUT2D eigenvalue weighted by molar-refractivity contribution is 5.76. The number of ether oxygens (including phenoxy) is 1. The SMILES string of the molecule is Cc1ccc2c(c1)[C@@H](NC(=O)OC(C)(C)C)[C@@H](C(=O)O)C2.